The topological polar surface area (TPSA) is 0 Å². The molecular formula is C46H40. The summed E-state index contributed by atoms with van der Waals surface area (Å²) < 4.78 is 0. The summed E-state index contributed by atoms with van der Waals surface area (Å²) in [5.41, 5.74) is 13.7. The van der Waals surface area contributed by atoms with Crippen LogP contribution in [-0.2, 0) is 5.41 Å². The van der Waals surface area contributed by atoms with Crippen LogP contribution in [0.3, 0.4) is 0 Å². The van der Waals surface area contributed by atoms with E-state index in [2.05, 4.69) is 163 Å². The van der Waals surface area contributed by atoms with Gasteiger partial charge in [-0.3, -0.25) is 0 Å². The number of aryl methyl sites for hydroxylation is 2. The summed E-state index contributed by atoms with van der Waals surface area (Å²) in [6.07, 6.45) is 3.78. The molecule has 0 aliphatic heterocycles. The van der Waals surface area contributed by atoms with E-state index in [1.54, 1.807) is 0 Å². The summed E-state index contributed by atoms with van der Waals surface area (Å²) >= 11 is 0. The van der Waals surface area contributed by atoms with Crippen molar-refractivity contribution in [3.05, 3.63) is 156 Å². The fourth-order valence-corrected chi connectivity index (χ4v) is 6.93. The Hall–Kier alpha value is -5.20. The average molecular weight is 593 g/mol. The van der Waals surface area contributed by atoms with Gasteiger partial charge >= 0.3 is 0 Å². The van der Waals surface area contributed by atoms with Crippen molar-refractivity contribution in [3.8, 4) is 33.4 Å². The van der Waals surface area contributed by atoms with Crippen molar-refractivity contribution in [2.75, 3.05) is 0 Å². The number of hydrogen-bond donors (Lipinski definition) is 0. The van der Waals surface area contributed by atoms with Crippen molar-refractivity contribution in [1.29, 1.82) is 0 Å². The van der Waals surface area contributed by atoms with Crippen molar-refractivity contribution in [1.82, 2.24) is 0 Å². The van der Waals surface area contributed by atoms with E-state index in [0.29, 0.717) is 0 Å². The van der Waals surface area contributed by atoms with Gasteiger partial charge in [-0.25, -0.2) is 0 Å². The smallest absolute Gasteiger partial charge is 0.00696 e. The number of rotatable bonds is 5. The molecule has 0 aliphatic carbocycles. The van der Waals surface area contributed by atoms with Crippen molar-refractivity contribution in [2.45, 2.75) is 40.0 Å². The molecule has 0 aromatic heterocycles. The zero-order valence-corrected chi connectivity index (χ0v) is 27.5. The van der Waals surface area contributed by atoms with Crippen LogP contribution in [0, 0.1) is 13.8 Å². The summed E-state index contributed by atoms with van der Waals surface area (Å²) in [6, 6.07) is 43.1. The lowest BCUT2D eigenvalue weighted by Crippen LogP contribution is -2.10. The normalized spacial score (nSPS) is 11.8. The number of benzene rings is 7. The van der Waals surface area contributed by atoms with Gasteiger partial charge in [-0.05, 0) is 137 Å². The Morgan fingerprint density at radius 3 is 1.76 bits per heavy atom. The first-order chi connectivity index (χ1) is 22.1. The molecule has 7 rings (SSSR count). The third-order valence-corrected chi connectivity index (χ3v) is 9.60. The summed E-state index contributed by atoms with van der Waals surface area (Å²) in [5, 5.41) is 7.76. The van der Waals surface area contributed by atoms with E-state index >= 15 is 0 Å². The lowest BCUT2D eigenvalue weighted by Gasteiger charge is -2.21. The van der Waals surface area contributed by atoms with Crippen molar-refractivity contribution in [2.24, 2.45) is 0 Å². The second-order valence-corrected chi connectivity index (χ2v) is 13.7. The molecule has 0 radical (unpaired) electrons. The summed E-state index contributed by atoms with van der Waals surface area (Å²) in [4.78, 5) is 0. The van der Waals surface area contributed by atoms with E-state index in [4.69, 9.17) is 0 Å². The Kier molecular flexibility index (Phi) is 7.25. The van der Waals surface area contributed by atoms with Crippen molar-refractivity contribution < 1.29 is 0 Å². The summed E-state index contributed by atoms with van der Waals surface area (Å²) in [7, 11) is 0. The van der Waals surface area contributed by atoms with Crippen LogP contribution < -0.4 is 0 Å². The first-order valence-electron chi connectivity index (χ1n) is 16.2. The fraction of sp³-hybridized carbons (Fsp3) is 0.130. The van der Waals surface area contributed by atoms with Crippen LogP contribution >= 0.6 is 0 Å². The lowest BCUT2D eigenvalue weighted by molar-refractivity contribution is 0.591. The van der Waals surface area contributed by atoms with Gasteiger partial charge in [-0.2, -0.15) is 0 Å². The van der Waals surface area contributed by atoms with Crippen LogP contribution in [0.1, 0.15) is 48.6 Å². The molecule has 0 N–H and O–H groups in total. The molecule has 7 aromatic rings. The van der Waals surface area contributed by atoms with Gasteiger partial charge in [0, 0.05) is 0 Å². The monoisotopic (exact) mass is 592 g/mol. The van der Waals surface area contributed by atoms with E-state index in [1.165, 1.54) is 82.4 Å². The lowest BCUT2D eigenvalue weighted by atomic mass is 9.84. The first-order valence-corrected chi connectivity index (χ1v) is 16.2. The predicted molar refractivity (Wildman–Crippen MR) is 204 cm³/mol. The van der Waals surface area contributed by atoms with Crippen LogP contribution in [0.5, 0.6) is 0 Å². The van der Waals surface area contributed by atoms with E-state index in [0.717, 1.165) is 11.1 Å². The van der Waals surface area contributed by atoms with Gasteiger partial charge in [0.05, 0.1) is 0 Å². The van der Waals surface area contributed by atoms with E-state index in [9.17, 15) is 0 Å². The van der Waals surface area contributed by atoms with Crippen LogP contribution in [0.2, 0.25) is 0 Å². The van der Waals surface area contributed by atoms with Crippen molar-refractivity contribution >= 4 is 44.5 Å². The quantitative estimate of drug-likeness (QED) is 0.174. The molecule has 0 amide bonds. The molecule has 0 saturated heterocycles. The molecule has 0 bridgehead atoms. The SMILES string of the molecule is C=Cc1ccc(-c2ccc3cc(-c4ccc(C)c(-c5cccc6c5c(C)cc5ccc(C(C)(C)C)cc56)c4)ccc3c2)cc1C=C. The minimum atomic E-state index is 0.0986. The average Bonchev–Trinajstić information content (AvgIpc) is 3.07. The summed E-state index contributed by atoms with van der Waals surface area (Å²) in [5.74, 6) is 0. The molecule has 224 valence electrons. The molecule has 0 saturated carbocycles. The van der Waals surface area contributed by atoms with Crippen molar-refractivity contribution in [3.63, 3.8) is 0 Å². The molecule has 0 fully saturated rings. The largest absolute Gasteiger partial charge is 0.0984 e. The minimum absolute atomic E-state index is 0.0986. The maximum absolute atomic E-state index is 3.99. The molecule has 0 spiro atoms. The van der Waals surface area contributed by atoms with Gasteiger partial charge in [-0.1, -0.05) is 137 Å². The van der Waals surface area contributed by atoms with E-state index < -0.39 is 0 Å². The standard InChI is InChI=1S/C46H40/c1-8-31-15-16-33(24-32(31)9-2)34-17-18-36-26-37(20-19-35(36)25-34)38-14-13-29(3)43(27-38)41-11-10-12-42-44-28-40(46(5,6)7)22-21-39(44)23-30(4)45(41)42/h8-28H,1-2H2,3-7H3. The second kappa shape index (κ2) is 11.3. The highest BCUT2D eigenvalue weighted by molar-refractivity contribution is 6.14. The Bertz CT molecular complexity index is 2340. The molecule has 0 heterocycles. The number of hydrogen-bond acceptors (Lipinski definition) is 0. The predicted octanol–water partition coefficient (Wildman–Crippen LogP) is 13.3. The highest BCUT2D eigenvalue weighted by Crippen LogP contribution is 2.40. The maximum atomic E-state index is 3.99. The van der Waals surface area contributed by atoms with Gasteiger partial charge in [0.2, 0.25) is 0 Å². The third kappa shape index (κ3) is 5.15. The number of fused-ring (bicyclic) bond motifs is 4. The Morgan fingerprint density at radius 1 is 0.478 bits per heavy atom. The van der Waals surface area contributed by atoms with Gasteiger partial charge in [0.1, 0.15) is 0 Å². The molecule has 7 aromatic carbocycles. The Balaban J connectivity index is 1.31. The second-order valence-electron chi connectivity index (χ2n) is 13.7. The molecule has 0 atom stereocenters. The minimum Gasteiger partial charge on any atom is -0.0984 e. The molecule has 0 unspecified atom stereocenters. The van der Waals surface area contributed by atoms with Gasteiger partial charge in [0.15, 0.2) is 0 Å². The molecule has 0 heteroatoms. The first kappa shape index (κ1) is 29.5. The van der Waals surface area contributed by atoms with Gasteiger partial charge < -0.3 is 0 Å². The molecular weight excluding hydrogens is 553 g/mol. The highest BCUT2D eigenvalue weighted by atomic mass is 14.2. The van der Waals surface area contributed by atoms with Crippen LogP contribution in [0.25, 0.3) is 77.9 Å². The molecule has 46 heavy (non-hydrogen) atoms. The highest BCUT2D eigenvalue weighted by Gasteiger charge is 2.17. The zero-order chi connectivity index (χ0) is 32.2. The van der Waals surface area contributed by atoms with E-state index in [-0.39, 0.29) is 5.41 Å². The Morgan fingerprint density at radius 2 is 1.09 bits per heavy atom. The fourth-order valence-electron chi connectivity index (χ4n) is 6.93. The molecule has 0 aliphatic rings. The van der Waals surface area contributed by atoms with Crippen LogP contribution in [0.4, 0.5) is 0 Å². The van der Waals surface area contributed by atoms with Crippen LogP contribution in [0.15, 0.2) is 128 Å². The van der Waals surface area contributed by atoms with Gasteiger partial charge in [0.25, 0.3) is 0 Å². The van der Waals surface area contributed by atoms with E-state index in [1.807, 2.05) is 12.2 Å². The third-order valence-electron chi connectivity index (χ3n) is 9.60. The van der Waals surface area contributed by atoms with Crippen LogP contribution in [-0.4, -0.2) is 0 Å². The molecule has 0 nitrogen and oxygen atoms in total. The Labute approximate surface area is 273 Å². The zero-order valence-electron chi connectivity index (χ0n) is 27.5. The maximum Gasteiger partial charge on any atom is -0.00696 e. The van der Waals surface area contributed by atoms with Gasteiger partial charge in [-0.15, -0.1) is 0 Å². The summed E-state index contributed by atoms with van der Waals surface area (Å²) in [6.45, 7) is 19.3.